The van der Waals surface area contributed by atoms with Crippen molar-refractivity contribution in [2.75, 3.05) is 18.6 Å². The van der Waals surface area contributed by atoms with Gasteiger partial charge in [-0.05, 0) is 30.4 Å². The SMILES string of the molecule is COC(=O)c1ccsc1N1CCC(NC(=O)C(C)(N)c2ccccc2)C1=O. The van der Waals surface area contributed by atoms with E-state index in [4.69, 9.17) is 10.5 Å². The Kier molecular flexibility index (Phi) is 5.29. The Bertz CT molecular complexity index is 863. The van der Waals surface area contributed by atoms with E-state index in [1.165, 1.54) is 23.3 Å². The average molecular weight is 387 g/mol. The van der Waals surface area contributed by atoms with Gasteiger partial charge in [-0.1, -0.05) is 30.3 Å². The maximum Gasteiger partial charge on any atom is 0.340 e. The Morgan fingerprint density at radius 3 is 2.67 bits per heavy atom. The van der Waals surface area contributed by atoms with Gasteiger partial charge in [0.15, 0.2) is 0 Å². The van der Waals surface area contributed by atoms with Gasteiger partial charge in [0.05, 0.1) is 12.7 Å². The Balaban J connectivity index is 1.74. The lowest BCUT2D eigenvalue weighted by Crippen LogP contribution is -2.53. The molecule has 1 aliphatic heterocycles. The third kappa shape index (κ3) is 3.58. The standard InChI is InChI=1S/C19H21N3O4S/c1-19(20,12-6-4-3-5-7-12)18(25)21-14-8-10-22(15(14)23)16-13(9-11-27-16)17(24)26-2/h3-7,9,11,14H,8,10,20H2,1-2H3,(H,21,25). The number of rotatable bonds is 5. The molecule has 2 unspecified atom stereocenters. The van der Waals surface area contributed by atoms with Gasteiger partial charge in [0.25, 0.3) is 0 Å². The maximum atomic E-state index is 12.8. The van der Waals surface area contributed by atoms with Crippen molar-refractivity contribution in [3.8, 4) is 0 Å². The number of carbonyl (C=O) groups is 3. The van der Waals surface area contributed by atoms with Crippen molar-refractivity contribution in [1.82, 2.24) is 5.32 Å². The van der Waals surface area contributed by atoms with E-state index in [0.717, 1.165) is 0 Å². The van der Waals surface area contributed by atoms with E-state index in [-0.39, 0.29) is 5.91 Å². The number of nitrogens with one attached hydrogen (secondary N) is 1. The molecule has 1 aromatic heterocycles. The molecule has 1 aromatic carbocycles. The van der Waals surface area contributed by atoms with Crippen molar-refractivity contribution in [1.29, 1.82) is 0 Å². The summed E-state index contributed by atoms with van der Waals surface area (Å²) in [4.78, 5) is 38.9. The highest BCUT2D eigenvalue weighted by Crippen LogP contribution is 2.32. The number of nitrogens with two attached hydrogens (primary N) is 1. The maximum absolute atomic E-state index is 12.8. The number of amides is 2. The van der Waals surface area contributed by atoms with Gasteiger partial charge >= 0.3 is 5.97 Å². The van der Waals surface area contributed by atoms with Crippen LogP contribution in [-0.4, -0.2) is 37.5 Å². The minimum Gasteiger partial charge on any atom is -0.465 e. The molecule has 2 heterocycles. The van der Waals surface area contributed by atoms with Crippen molar-refractivity contribution in [3.05, 3.63) is 52.9 Å². The minimum absolute atomic E-state index is 0.264. The molecule has 0 saturated carbocycles. The minimum atomic E-state index is -1.25. The van der Waals surface area contributed by atoms with E-state index in [2.05, 4.69) is 5.32 Å². The van der Waals surface area contributed by atoms with E-state index in [9.17, 15) is 14.4 Å². The van der Waals surface area contributed by atoms with Crippen LogP contribution in [0.1, 0.15) is 29.3 Å². The van der Waals surface area contributed by atoms with Gasteiger partial charge in [-0.25, -0.2) is 4.79 Å². The highest BCUT2D eigenvalue weighted by molar-refractivity contribution is 7.14. The van der Waals surface area contributed by atoms with Crippen molar-refractivity contribution < 1.29 is 19.1 Å². The molecule has 1 aliphatic rings. The van der Waals surface area contributed by atoms with Gasteiger partial charge in [-0.15, -0.1) is 11.3 Å². The third-order valence-corrected chi connectivity index (χ3v) is 5.59. The van der Waals surface area contributed by atoms with Crippen LogP contribution in [0.3, 0.4) is 0 Å². The van der Waals surface area contributed by atoms with Crippen LogP contribution in [0.2, 0.25) is 0 Å². The van der Waals surface area contributed by atoms with Crippen LogP contribution in [0.4, 0.5) is 5.00 Å². The Morgan fingerprint density at radius 2 is 2.00 bits per heavy atom. The molecule has 2 atom stereocenters. The Hall–Kier alpha value is -2.71. The number of carbonyl (C=O) groups excluding carboxylic acids is 3. The second kappa shape index (κ2) is 7.50. The molecular weight excluding hydrogens is 366 g/mol. The number of hydrogen-bond acceptors (Lipinski definition) is 6. The predicted octanol–water partition coefficient (Wildman–Crippen LogP) is 1.63. The van der Waals surface area contributed by atoms with Crippen LogP contribution in [0.15, 0.2) is 41.8 Å². The summed E-state index contributed by atoms with van der Waals surface area (Å²) in [6.07, 6.45) is 0.438. The lowest BCUT2D eigenvalue weighted by molar-refractivity contribution is -0.130. The quantitative estimate of drug-likeness (QED) is 0.760. The first-order valence-electron chi connectivity index (χ1n) is 8.48. The van der Waals surface area contributed by atoms with Crippen molar-refractivity contribution >= 4 is 34.1 Å². The number of methoxy groups -OCH3 is 1. The largest absolute Gasteiger partial charge is 0.465 e. The summed E-state index contributed by atoms with van der Waals surface area (Å²) < 4.78 is 4.76. The summed E-state index contributed by atoms with van der Waals surface area (Å²) >= 11 is 1.28. The van der Waals surface area contributed by atoms with Gasteiger partial charge in [0.2, 0.25) is 11.8 Å². The topological polar surface area (TPSA) is 102 Å². The molecule has 1 fully saturated rings. The van der Waals surface area contributed by atoms with Crippen LogP contribution in [0.5, 0.6) is 0 Å². The number of thiophene rings is 1. The third-order valence-electron chi connectivity index (χ3n) is 4.65. The molecule has 8 heteroatoms. The molecule has 3 N–H and O–H groups in total. The predicted molar refractivity (Wildman–Crippen MR) is 103 cm³/mol. The fourth-order valence-electron chi connectivity index (χ4n) is 3.01. The zero-order valence-corrected chi connectivity index (χ0v) is 15.9. The zero-order valence-electron chi connectivity index (χ0n) is 15.1. The first-order valence-corrected chi connectivity index (χ1v) is 9.36. The van der Waals surface area contributed by atoms with Gasteiger partial charge in [-0.2, -0.15) is 0 Å². The van der Waals surface area contributed by atoms with Gasteiger partial charge in [0.1, 0.15) is 16.6 Å². The van der Waals surface area contributed by atoms with Gasteiger partial charge in [-0.3, -0.25) is 9.59 Å². The number of esters is 1. The number of anilines is 1. The zero-order chi connectivity index (χ0) is 19.6. The number of ether oxygens (including phenoxy) is 1. The smallest absolute Gasteiger partial charge is 0.340 e. The summed E-state index contributed by atoms with van der Waals surface area (Å²) in [7, 11) is 1.30. The van der Waals surface area contributed by atoms with Crippen LogP contribution in [-0.2, 0) is 19.9 Å². The molecule has 0 aliphatic carbocycles. The molecule has 27 heavy (non-hydrogen) atoms. The van der Waals surface area contributed by atoms with E-state index in [1.807, 2.05) is 6.07 Å². The lowest BCUT2D eigenvalue weighted by Gasteiger charge is -2.26. The molecule has 1 saturated heterocycles. The second-order valence-corrected chi connectivity index (χ2v) is 7.40. The second-order valence-electron chi connectivity index (χ2n) is 6.50. The number of hydrogen-bond donors (Lipinski definition) is 2. The van der Waals surface area contributed by atoms with E-state index < -0.39 is 23.5 Å². The van der Waals surface area contributed by atoms with Crippen LogP contribution < -0.4 is 16.0 Å². The van der Waals surface area contributed by atoms with Crippen molar-refractivity contribution in [2.45, 2.75) is 24.9 Å². The summed E-state index contributed by atoms with van der Waals surface area (Å²) in [5.41, 5.74) is 5.97. The lowest BCUT2D eigenvalue weighted by atomic mass is 9.92. The molecule has 142 valence electrons. The van der Waals surface area contributed by atoms with Crippen LogP contribution >= 0.6 is 11.3 Å². The molecule has 0 bridgehead atoms. The highest BCUT2D eigenvalue weighted by Gasteiger charge is 2.39. The summed E-state index contributed by atoms with van der Waals surface area (Å²) in [5, 5.41) is 5.01. The van der Waals surface area contributed by atoms with E-state index in [0.29, 0.717) is 29.1 Å². The molecule has 3 rings (SSSR count). The van der Waals surface area contributed by atoms with E-state index >= 15 is 0 Å². The monoisotopic (exact) mass is 387 g/mol. The molecule has 2 amide bonds. The normalized spacial score (nSPS) is 18.9. The molecule has 0 spiro atoms. The number of benzene rings is 1. The highest BCUT2D eigenvalue weighted by atomic mass is 32.1. The van der Waals surface area contributed by atoms with Gasteiger partial charge < -0.3 is 20.7 Å². The fourth-order valence-corrected chi connectivity index (χ4v) is 3.93. The fraction of sp³-hybridized carbons (Fsp3) is 0.316. The first-order chi connectivity index (χ1) is 12.9. The van der Waals surface area contributed by atoms with Crippen LogP contribution in [0.25, 0.3) is 0 Å². The molecule has 0 radical (unpaired) electrons. The summed E-state index contributed by atoms with van der Waals surface area (Å²) in [5.74, 6) is -1.18. The van der Waals surface area contributed by atoms with Crippen molar-refractivity contribution in [3.63, 3.8) is 0 Å². The number of nitrogens with zero attached hydrogens (tertiary/aromatic N) is 1. The average Bonchev–Trinajstić information content (AvgIpc) is 3.29. The first kappa shape index (κ1) is 19.1. The van der Waals surface area contributed by atoms with Crippen LogP contribution in [0, 0.1) is 0 Å². The molecule has 2 aromatic rings. The Labute approximate surface area is 161 Å². The van der Waals surface area contributed by atoms with E-state index in [1.54, 1.807) is 42.6 Å². The van der Waals surface area contributed by atoms with Gasteiger partial charge in [0, 0.05) is 6.54 Å². The molecular formula is C19H21N3O4S. The summed E-state index contributed by atoms with van der Waals surface area (Å²) in [6, 6.07) is 9.94. The summed E-state index contributed by atoms with van der Waals surface area (Å²) in [6.45, 7) is 2.02. The van der Waals surface area contributed by atoms with Crippen molar-refractivity contribution in [2.24, 2.45) is 5.73 Å². The Morgan fingerprint density at radius 1 is 1.30 bits per heavy atom. The molecule has 7 nitrogen and oxygen atoms in total.